The third kappa shape index (κ3) is 4.74. The summed E-state index contributed by atoms with van der Waals surface area (Å²) in [6.45, 7) is 10.8. The summed E-state index contributed by atoms with van der Waals surface area (Å²) in [6, 6.07) is 9.11. The van der Waals surface area contributed by atoms with E-state index < -0.39 is 0 Å². The van der Waals surface area contributed by atoms with E-state index in [-0.39, 0.29) is 0 Å². The van der Waals surface area contributed by atoms with E-state index in [1.54, 1.807) is 0 Å². The lowest BCUT2D eigenvalue weighted by Gasteiger charge is -2.41. The molecule has 118 valence electrons. The molecule has 1 aliphatic carbocycles. The fourth-order valence-electron chi connectivity index (χ4n) is 3.57. The molecule has 1 aromatic rings. The van der Waals surface area contributed by atoms with Crippen molar-refractivity contribution in [2.24, 2.45) is 11.3 Å². The van der Waals surface area contributed by atoms with Crippen molar-refractivity contribution in [2.75, 3.05) is 6.61 Å². The summed E-state index contributed by atoms with van der Waals surface area (Å²) < 4.78 is 5.59. The van der Waals surface area contributed by atoms with E-state index in [0.29, 0.717) is 11.5 Å². The number of benzene rings is 1. The zero-order valence-corrected chi connectivity index (χ0v) is 14.1. The van der Waals surface area contributed by atoms with Crippen LogP contribution in [0.5, 0.6) is 5.75 Å². The largest absolute Gasteiger partial charge is 0.494 e. The summed E-state index contributed by atoms with van der Waals surface area (Å²) in [6.07, 6.45) is 5.43. The van der Waals surface area contributed by atoms with Crippen LogP contribution in [0.3, 0.4) is 0 Å². The Morgan fingerprint density at radius 2 is 1.95 bits per heavy atom. The minimum Gasteiger partial charge on any atom is -0.494 e. The van der Waals surface area contributed by atoms with Crippen molar-refractivity contribution in [2.45, 2.75) is 66.0 Å². The Balaban J connectivity index is 1.96. The van der Waals surface area contributed by atoms with E-state index >= 15 is 0 Å². The van der Waals surface area contributed by atoms with Gasteiger partial charge in [-0.1, -0.05) is 45.7 Å². The van der Waals surface area contributed by atoms with Crippen LogP contribution in [-0.2, 0) is 6.54 Å². The van der Waals surface area contributed by atoms with Crippen molar-refractivity contribution in [3.63, 3.8) is 0 Å². The number of hydrogen-bond donors (Lipinski definition) is 1. The molecule has 0 amide bonds. The first kappa shape index (κ1) is 16.4. The van der Waals surface area contributed by atoms with E-state index in [2.05, 4.69) is 44.3 Å². The van der Waals surface area contributed by atoms with Gasteiger partial charge in [0, 0.05) is 12.6 Å². The molecule has 2 unspecified atom stereocenters. The minimum atomic E-state index is 0.394. The smallest absolute Gasteiger partial charge is 0.119 e. The lowest BCUT2D eigenvalue weighted by atomic mass is 9.69. The predicted molar refractivity (Wildman–Crippen MR) is 89.7 cm³/mol. The van der Waals surface area contributed by atoms with Gasteiger partial charge >= 0.3 is 0 Å². The molecule has 0 aromatic heterocycles. The van der Waals surface area contributed by atoms with Crippen LogP contribution in [0.4, 0.5) is 0 Å². The van der Waals surface area contributed by atoms with Gasteiger partial charge in [-0.2, -0.15) is 0 Å². The second kappa shape index (κ2) is 7.31. The first-order valence-corrected chi connectivity index (χ1v) is 8.46. The number of rotatable bonds is 5. The molecular formula is C19H31NO. The summed E-state index contributed by atoms with van der Waals surface area (Å²) in [4.78, 5) is 0. The van der Waals surface area contributed by atoms with Crippen molar-refractivity contribution < 1.29 is 4.74 Å². The summed E-state index contributed by atoms with van der Waals surface area (Å²) in [7, 11) is 0. The maximum Gasteiger partial charge on any atom is 0.119 e. The van der Waals surface area contributed by atoms with Gasteiger partial charge in [0.1, 0.15) is 5.75 Å². The first-order chi connectivity index (χ1) is 10.0. The monoisotopic (exact) mass is 289 g/mol. The average molecular weight is 289 g/mol. The Morgan fingerprint density at radius 1 is 1.19 bits per heavy atom. The van der Waals surface area contributed by atoms with Crippen LogP contribution in [0.15, 0.2) is 24.3 Å². The summed E-state index contributed by atoms with van der Waals surface area (Å²) in [5, 5.41) is 3.81. The molecule has 0 radical (unpaired) electrons. The Morgan fingerprint density at radius 3 is 2.67 bits per heavy atom. The van der Waals surface area contributed by atoms with E-state index in [9.17, 15) is 0 Å². The highest BCUT2D eigenvalue weighted by molar-refractivity contribution is 5.28. The lowest BCUT2D eigenvalue weighted by molar-refractivity contribution is 0.130. The maximum atomic E-state index is 5.59. The Bertz CT molecular complexity index is 435. The third-order valence-corrected chi connectivity index (χ3v) is 4.66. The molecule has 21 heavy (non-hydrogen) atoms. The second-order valence-electron chi connectivity index (χ2n) is 7.32. The summed E-state index contributed by atoms with van der Waals surface area (Å²) in [5.41, 5.74) is 1.71. The van der Waals surface area contributed by atoms with Crippen LogP contribution in [0.1, 0.15) is 58.9 Å². The minimum absolute atomic E-state index is 0.394. The van der Waals surface area contributed by atoms with E-state index in [1.807, 2.05) is 13.0 Å². The lowest BCUT2D eigenvalue weighted by Crippen LogP contribution is -2.43. The fraction of sp³-hybridized carbons (Fsp3) is 0.684. The normalized spacial score (nSPS) is 23.0. The SMILES string of the molecule is CCOc1cccc(CNC2CCCCC2C(C)(C)C)c1. The first-order valence-electron chi connectivity index (χ1n) is 8.46. The molecule has 0 bridgehead atoms. The average Bonchev–Trinajstić information content (AvgIpc) is 2.45. The quantitative estimate of drug-likeness (QED) is 0.842. The Hall–Kier alpha value is -1.02. The second-order valence-corrected chi connectivity index (χ2v) is 7.32. The van der Waals surface area contributed by atoms with Gasteiger partial charge in [0.2, 0.25) is 0 Å². The van der Waals surface area contributed by atoms with Crippen LogP contribution >= 0.6 is 0 Å². The van der Waals surface area contributed by atoms with Gasteiger partial charge in [-0.3, -0.25) is 0 Å². The van der Waals surface area contributed by atoms with Gasteiger partial charge < -0.3 is 10.1 Å². The number of nitrogens with one attached hydrogen (secondary N) is 1. The molecule has 1 aromatic carbocycles. The van der Waals surface area contributed by atoms with Crippen LogP contribution in [0.2, 0.25) is 0 Å². The van der Waals surface area contributed by atoms with Crippen molar-refractivity contribution in [3.8, 4) is 5.75 Å². The van der Waals surface area contributed by atoms with Gasteiger partial charge in [-0.25, -0.2) is 0 Å². The molecular weight excluding hydrogens is 258 g/mol. The van der Waals surface area contributed by atoms with Crippen LogP contribution < -0.4 is 10.1 Å². The van der Waals surface area contributed by atoms with Crippen molar-refractivity contribution >= 4 is 0 Å². The zero-order chi connectivity index (χ0) is 15.3. The van der Waals surface area contributed by atoms with Crippen LogP contribution in [0.25, 0.3) is 0 Å². The van der Waals surface area contributed by atoms with E-state index in [0.717, 1.165) is 24.8 Å². The van der Waals surface area contributed by atoms with E-state index in [1.165, 1.54) is 31.2 Å². The number of hydrogen-bond acceptors (Lipinski definition) is 2. The van der Waals surface area contributed by atoms with Gasteiger partial charge in [0.15, 0.2) is 0 Å². The molecule has 2 heteroatoms. The van der Waals surface area contributed by atoms with Crippen molar-refractivity contribution in [1.29, 1.82) is 0 Å². The molecule has 1 saturated carbocycles. The molecule has 1 aliphatic rings. The Kier molecular flexibility index (Phi) is 5.69. The van der Waals surface area contributed by atoms with Gasteiger partial charge in [0.05, 0.1) is 6.61 Å². The molecule has 1 fully saturated rings. The molecule has 0 saturated heterocycles. The molecule has 1 N–H and O–H groups in total. The highest BCUT2D eigenvalue weighted by atomic mass is 16.5. The highest BCUT2D eigenvalue weighted by Gasteiger charge is 2.33. The topological polar surface area (TPSA) is 21.3 Å². The molecule has 2 rings (SSSR count). The molecule has 2 nitrogen and oxygen atoms in total. The maximum absolute atomic E-state index is 5.59. The summed E-state index contributed by atoms with van der Waals surface area (Å²) in [5.74, 6) is 1.76. The summed E-state index contributed by atoms with van der Waals surface area (Å²) >= 11 is 0. The fourth-order valence-corrected chi connectivity index (χ4v) is 3.57. The third-order valence-electron chi connectivity index (χ3n) is 4.66. The van der Waals surface area contributed by atoms with E-state index in [4.69, 9.17) is 4.74 Å². The standard InChI is InChI=1S/C19H31NO/c1-5-21-16-10-8-9-15(13-16)14-20-18-12-7-6-11-17(18)19(2,3)4/h8-10,13,17-18,20H,5-7,11-12,14H2,1-4H3. The van der Waals surface area contributed by atoms with Crippen molar-refractivity contribution in [1.82, 2.24) is 5.32 Å². The molecule has 0 spiro atoms. The highest BCUT2D eigenvalue weighted by Crippen LogP contribution is 2.38. The molecule has 2 atom stereocenters. The van der Waals surface area contributed by atoms with Crippen molar-refractivity contribution in [3.05, 3.63) is 29.8 Å². The van der Waals surface area contributed by atoms with Crippen LogP contribution in [0, 0.1) is 11.3 Å². The van der Waals surface area contributed by atoms with Gasteiger partial charge in [0.25, 0.3) is 0 Å². The zero-order valence-electron chi connectivity index (χ0n) is 14.1. The Labute approximate surface area is 130 Å². The van der Waals surface area contributed by atoms with Gasteiger partial charge in [-0.05, 0) is 48.8 Å². The molecule has 0 aliphatic heterocycles. The van der Waals surface area contributed by atoms with Gasteiger partial charge in [-0.15, -0.1) is 0 Å². The molecule has 0 heterocycles. The predicted octanol–water partition coefficient (Wildman–Crippen LogP) is 4.78. The van der Waals surface area contributed by atoms with Crippen LogP contribution in [-0.4, -0.2) is 12.6 Å². The number of ether oxygens (including phenoxy) is 1.